The molecule has 0 unspecified atom stereocenters. The zero-order chi connectivity index (χ0) is 17.6. The Kier molecular flexibility index (Phi) is 3.62. The predicted molar refractivity (Wildman–Crippen MR) is 98.1 cm³/mol. The number of aromatic nitrogens is 1. The highest BCUT2D eigenvalue weighted by atomic mass is 35.5. The highest BCUT2D eigenvalue weighted by Crippen LogP contribution is 2.32. The van der Waals surface area contributed by atoms with Crippen LogP contribution in [0.2, 0.25) is 5.02 Å². The number of aryl methyl sites for hydroxylation is 1. The molecule has 0 aliphatic heterocycles. The van der Waals surface area contributed by atoms with E-state index >= 15 is 0 Å². The fraction of sp³-hybridized carbons (Fsp3) is 0.0500. The largest absolute Gasteiger partial charge is 0.478 e. The Hall–Kier alpha value is -2.98. The summed E-state index contributed by atoms with van der Waals surface area (Å²) in [6, 6.07) is 16.3. The van der Waals surface area contributed by atoms with Gasteiger partial charge in [0.1, 0.15) is 5.58 Å². The van der Waals surface area contributed by atoms with Crippen molar-refractivity contribution in [1.82, 2.24) is 4.98 Å². The van der Waals surface area contributed by atoms with Crippen molar-refractivity contribution in [1.29, 1.82) is 0 Å². The van der Waals surface area contributed by atoms with Crippen LogP contribution < -0.4 is 0 Å². The van der Waals surface area contributed by atoms with Gasteiger partial charge in [0.05, 0.1) is 11.3 Å². The number of H-pyrrole nitrogens is 1. The first-order valence-electron chi connectivity index (χ1n) is 7.74. The number of carboxylic acids is 1. The number of fused-ring (bicyclic) bond motifs is 1. The van der Waals surface area contributed by atoms with Gasteiger partial charge in [0.15, 0.2) is 5.76 Å². The number of aromatic carboxylic acids is 1. The second kappa shape index (κ2) is 5.83. The van der Waals surface area contributed by atoms with Crippen LogP contribution in [0, 0.1) is 6.92 Å². The molecule has 0 aliphatic carbocycles. The minimum absolute atomic E-state index is 0.264. The van der Waals surface area contributed by atoms with Crippen LogP contribution >= 0.6 is 11.6 Å². The molecule has 0 atom stereocenters. The highest BCUT2D eigenvalue weighted by molar-refractivity contribution is 6.31. The molecule has 0 fully saturated rings. The lowest BCUT2D eigenvalue weighted by Crippen LogP contribution is -1.94. The van der Waals surface area contributed by atoms with Gasteiger partial charge in [-0.05, 0) is 60.5 Å². The van der Waals surface area contributed by atoms with Gasteiger partial charge in [-0.15, -0.1) is 0 Å². The maximum Gasteiger partial charge on any atom is 0.335 e. The summed E-state index contributed by atoms with van der Waals surface area (Å²) in [4.78, 5) is 14.3. The molecule has 4 aromatic rings. The number of hydrogen-bond acceptors (Lipinski definition) is 2. The van der Waals surface area contributed by atoms with Gasteiger partial charge in [0.25, 0.3) is 0 Å². The first-order chi connectivity index (χ1) is 12.0. The minimum atomic E-state index is -0.935. The third-order valence-corrected chi connectivity index (χ3v) is 4.38. The number of halogens is 1. The Morgan fingerprint density at radius 2 is 1.76 bits per heavy atom. The number of aromatic amines is 1. The molecule has 2 aromatic heterocycles. The molecule has 0 saturated carbocycles. The van der Waals surface area contributed by atoms with Crippen molar-refractivity contribution < 1.29 is 14.3 Å². The van der Waals surface area contributed by atoms with E-state index in [1.807, 2.05) is 37.3 Å². The number of hydrogen-bond donors (Lipinski definition) is 2. The van der Waals surface area contributed by atoms with Crippen molar-refractivity contribution in [2.45, 2.75) is 6.92 Å². The molecule has 4 nitrogen and oxygen atoms in total. The quantitative estimate of drug-likeness (QED) is 0.493. The van der Waals surface area contributed by atoms with E-state index in [1.165, 1.54) is 0 Å². The van der Waals surface area contributed by atoms with Gasteiger partial charge in [0, 0.05) is 16.1 Å². The lowest BCUT2D eigenvalue weighted by molar-refractivity contribution is 0.0697. The number of nitrogens with one attached hydrogen (secondary N) is 1. The standard InChI is InChI=1S/C20H14ClNO3/c1-11-8-15(21)9-14-10-18(25-19(11)14)17-7-6-16(22-17)12-2-4-13(5-3-12)20(23)24/h2-10,22H,1H3,(H,23,24). The van der Waals surface area contributed by atoms with Crippen molar-refractivity contribution in [2.24, 2.45) is 0 Å². The normalized spacial score (nSPS) is 11.1. The van der Waals surface area contributed by atoms with Crippen LogP contribution in [0.25, 0.3) is 33.7 Å². The van der Waals surface area contributed by atoms with Crippen LogP contribution in [0.4, 0.5) is 0 Å². The van der Waals surface area contributed by atoms with Gasteiger partial charge < -0.3 is 14.5 Å². The average molecular weight is 352 g/mol. The van der Waals surface area contributed by atoms with Crippen molar-refractivity contribution in [3.05, 3.63) is 70.7 Å². The second-order valence-corrected chi connectivity index (χ2v) is 6.36. The Morgan fingerprint density at radius 1 is 1.04 bits per heavy atom. The van der Waals surface area contributed by atoms with Crippen LogP contribution in [-0.4, -0.2) is 16.1 Å². The zero-order valence-corrected chi connectivity index (χ0v) is 14.1. The first kappa shape index (κ1) is 15.5. The van der Waals surface area contributed by atoms with E-state index in [4.69, 9.17) is 21.1 Å². The van der Waals surface area contributed by atoms with E-state index in [1.54, 1.807) is 24.3 Å². The summed E-state index contributed by atoms with van der Waals surface area (Å²) < 4.78 is 5.97. The van der Waals surface area contributed by atoms with Crippen LogP contribution in [-0.2, 0) is 0 Å². The van der Waals surface area contributed by atoms with Crippen LogP contribution in [0.5, 0.6) is 0 Å². The third kappa shape index (κ3) is 2.81. The molecule has 2 heterocycles. The fourth-order valence-corrected chi connectivity index (χ4v) is 3.20. The van der Waals surface area contributed by atoms with Gasteiger partial charge in [0.2, 0.25) is 0 Å². The number of furan rings is 1. The SMILES string of the molecule is Cc1cc(Cl)cc2cc(-c3ccc(-c4ccc(C(=O)O)cc4)[nH]3)oc12. The third-order valence-electron chi connectivity index (χ3n) is 4.16. The topological polar surface area (TPSA) is 66.2 Å². The summed E-state index contributed by atoms with van der Waals surface area (Å²) in [6.07, 6.45) is 0. The van der Waals surface area contributed by atoms with E-state index in [9.17, 15) is 4.79 Å². The Morgan fingerprint density at radius 3 is 2.48 bits per heavy atom. The lowest BCUT2D eigenvalue weighted by atomic mass is 10.1. The zero-order valence-electron chi connectivity index (χ0n) is 13.3. The second-order valence-electron chi connectivity index (χ2n) is 5.92. The molecule has 2 aromatic carbocycles. The minimum Gasteiger partial charge on any atom is -0.478 e. The summed E-state index contributed by atoms with van der Waals surface area (Å²) in [6.45, 7) is 1.96. The summed E-state index contributed by atoms with van der Waals surface area (Å²) in [5.74, 6) is -0.205. The molecule has 4 rings (SSSR count). The molecule has 0 bridgehead atoms. The molecule has 0 spiro atoms. The van der Waals surface area contributed by atoms with Gasteiger partial charge in [-0.3, -0.25) is 0 Å². The van der Waals surface area contributed by atoms with E-state index < -0.39 is 5.97 Å². The highest BCUT2D eigenvalue weighted by Gasteiger charge is 2.12. The molecular formula is C20H14ClNO3. The van der Waals surface area contributed by atoms with Gasteiger partial charge >= 0.3 is 5.97 Å². The molecule has 0 saturated heterocycles. The fourth-order valence-electron chi connectivity index (χ4n) is 2.92. The molecule has 2 N–H and O–H groups in total. The number of carbonyl (C=O) groups is 1. The van der Waals surface area contributed by atoms with Crippen molar-refractivity contribution in [3.63, 3.8) is 0 Å². The Labute approximate surface area is 148 Å². The van der Waals surface area contributed by atoms with Crippen LogP contribution in [0.1, 0.15) is 15.9 Å². The summed E-state index contributed by atoms with van der Waals surface area (Å²) in [5, 5.41) is 10.6. The molecule has 0 amide bonds. The summed E-state index contributed by atoms with van der Waals surface area (Å²) in [7, 11) is 0. The number of rotatable bonds is 3. The molecule has 0 aliphatic rings. The number of carboxylic acid groups (broad SMARTS) is 1. The van der Waals surface area contributed by atoms with E-state index in [-0.39, 0.29) is 5.56 Å². The van der Waals surface area contributed by atoms with Crippen molar-refractivity contribution in [2.75, 3.05) is 0 Å². The van der Waals surface area contributed by atoms with E-state index in [0.717, 1.165) is 39.2 Å². The van der Waals surface area contributed by atoms with Gasteiger partial charge in [-0.1, -0.05) is 23.7 Å². The smallest absolute Gasteiger partial charge is 0.335 e. The Bertz CT molecular complexity index is 1090. The van der Waals surface area contributed by atoms with Crippen LogP contribution in [0.3, 0.4) is 0 Å². The lowest BCUT2D eigenvalue weighted by Gasteiger charge is -1.99. The van der Waals surface area contributed by atoms with E-state index in [2.05, 4.69) is 4.98 Å². The molecule has 5 heteroatoms. The van der Waals surface area contributed by atoms with Crippen molar-refractivity contribution >= 4 is 28.5 Å². The maximum absolute atomic E-state index is 10.9. The monoisotopic (exact) mass is 351 g/mol. The molecule has 0 radical (unpaired) electrons. The predicted octanol–water partition coefficient (Wildman–Crippen LogP) is 5.75. The maximum atomic E-state index is 10.9. The van der Waals surface area contributed by atoms with E-state index in [0.29, 0.717) is 5.02 Å². The molecule has 25 heavy (non-hydrogen) atoms. The number of benzene rings is 2. The molecule has 124 valence electrons. The summed E-state index contributed by atoms with van der Waals surface area (Å²) >= 11 is 6.11. The van der Waals surface area contributed by atoms with Crippen LogP contribution in [0.15, 0.2) is 59.0 Å². The average Bonchev–Trinajstić information content (AvgIpc) is 3.21. The summed E-state index contributed by atoms with van der Waals surface area (Å²) in [5.41, 5.74) is 4.73. The van der Waals surface area contributed by atoms with Crippen molar-refractivity contribution in [3.8, 4) is 22.7 Å². The Balaban J connectivity index is 1.71. The van der Waals surface area contributed by atoms with Gasteiger partial charge in [-0.2, -0.15) is 0 Å². The first-order valence-corrected chi connectivity index (χ1v) is 8.12. The molecular weight excluding hydrogens is 338 g/mol. The van der Waals surface area contributed by atoms with Gasteiger partial charge in [-0.25, -0.2) is 4.79 Å².